The highest BCUT2D eigenvalue weighted by atomic mass is 32.2. The number of aryl methyl sites for hydroxylation is 1. The number of hydrogen-bond acceptors (Lipinski definition) is 3. The van der Waals surface area contributed by atoms with E-state index in [0.29, 0.717) is 13.2 Å². The van der Waals surface area contributed by atoms with Crippen molar-refractivity contribution < 1.29 is 17.6 Å². The van der Waals surface area contributed by atoms with Crippen LogP contribution in [0.5, 0.6) is 5.75 Å². The van der Waals surface area contributed by atoms with Crippen molar-refractivity contribution in [3.63, 3.8) is 0 Å². The number of hydrogen-bond donors (Lipinski definition) is 1. The van der Waals surface area contributed by atoms with Crippen LogP contribution in [0.3, 0.4) is 0 Å². The molecule has 0 amide bonds. The molecular formula is C22H33N2O3S+. The van der Waals surface area contributed by atoms with Crippen LogP contribution in [0.1, 0.15) is 18.1 Å². The van der Waals surface area contributed by atoms with E-state index in [4.69, 9.17) is 4.74 Å². The molecule has 5 nitrogen and oxygen atoms in total. The lowest BCUT2D eigenvalue weighted by Crippen LogP contribution is -2.36. The summed E-state index contributed by atoms with van der Waals surface area (Å²) in [4.78, 5) is 0.288. The van der Waals surface area contributed by atoms with Gasteiger partial charge < -0.3 is 9.22 Å². The van der Waals surface area contributed by atoms with Crippen molar-refractivity contribution in [3.8, 4) is 5.75 Å². The first-order valence-corrected chi connectivity index (χ1v) is 11.1. The summed E-state index contributed by atoms with van der Waals surface area (Å²) in [5.74, 6) is 0.861. The molecule has 1 N–H and O–H groups in total. The molecule has 0 heterocycles. The average molecular weight is 406 g/mol. The molecule has 0 aliphatic heterocycles. The molecule has 2 rings (SSSR count). The predicted molar refractivity (Wildman–Crippen MR) is 114 cm³/mol. The highest BCUT2D eigenvalue weighted by Crippen LogP contribution is 2.15. The molecular weight excluding hydrogens is 372 g/mol. The Balaban J connectivity index is 1.79. The van der Waals surface area contributed by atoms with Crippen LogP contribution < -0.4 is 9.46 Å². The van der Waals surface area contributed by atoms with E-state index >= 15 is 0 Å². The van der Waals surface area contributed by atoms with Crippen molar-refractivity contribution in [1.29, 1.82) is 0 Å². The minimum atomic E-state index is -3.49. The topological polar surface area (TPSA) is 55.4 Å². The first kappa shape index (κ1) is 22.4. The van der Waals surface area contributed by atoms with E-state index < -0.39 is 10.0 Å². The Kier molecular flexibility index (Phi) is 7.63. The Morgan fingerprint density at radius 1 is 1.00 bits per heavy atom. The van der Waals surface area contributed by atoms with Crippen molar-refractivity contribution in [2.75, 3.05) is 40.8 Å². The van der Waals surface area contributed by atoms with Gasteiger partial charge in [0.05, 0.1) is 39.2 Å². The maximum atomic E-state index is 12.3. The molecule has 0 aliphatic carbocycles. The molecule has 0 radical (unpaired) electrons. The molecule has 2 aromatic rings. The van der Waals surface area contributed by atoms with Gasteiger partial charge in [-0.3, -0.25) is 0 Å². The van der Waals surface area contributed by atoms with Crippen LogP contribution in [0.25, 0.3) is 0 Å². The zero-order valence-corrected chi connectivity index (χ0v) is 18.4. The first-order valence-electron chi connectivity index (χ1n) is 9.64. The summed E-state index contributed by atoms with van der Waals surface area (Å²) in [5.41, 5.74) is 2.32. The molecule has 2 aromatic carbocycles. The average Bonchev–Trinajstić information content (AvgIpc) is 2.64. The second-order valence-electron chi connectivity index (χ2n) is 8.49. The maximum Gasteiger partial charge on any atom is 0.240 e. The molecule has 1 atom stereocenters. The number of nitrogens with one attached hydrogen (secondary N) is 1. The quantitative estimate of drug-likeness (QED) is 0.618. The fourth-order valence-corrected chi connectivity index (χ4v) is 3.73. The number of quaternary nitrogens is 1. The summed E-state index contributed by atoms with van der Waals surface area (Å²) >= 11 is 0. The van der Waals surface area contributed by atoms with Crippen molar-refractivity contribution in [1.82, 2.24) is 4.72 Å². The second kappa shape index (κ2) is 9.54. The van der Waals surface area contributed by atoms with Gasteiger partial charge in [-0.1, -0.05) is 36.8 Å². The van der Waals surface area contributed by atoms with Crippen LogP contribution in [0, 0.1) is 12.8 Å². The number of sulfonamides is 1. The zero-order valence-electron chi connectivity index (χ0n) is 17.6. The van der Waals surface area contributed by atoms with Gasteiger partial charge in [0.1, 0.15) is 5.75 Å². The molecule has 0 saturated carbocycles. The second-order valence-corrected chi connectivity index (χ2v) is 10.3. The first-order chi connectivity index (χ1) is 13.0. The number of rotatable bonds is 10. The van der Waals surface area contributed by atoms with Crippen molar-refractivity contribution in [2.45, 2.75) is 25.2 Å². The Bertz CT molecular complexity index is 839. The minimum Gasteiger partial charge on any atom is -0.493 e. The van der Waals surface area contributed by atoms with Gasteiger partial charge in [0, 0.05) is 18.9 Å². The van der Waals surface area contributed by atoms with Gasteiger partial charge in [0.2, 0.25) is 10.0 Å². The fourth-order valence-electron chi connectivity index (χ4n) is 2.57. The Hall–Kier alpha value is -1.89. The molecule has 0 spiro atoms. The highest BCUT2D eigenvalue weighted by molar-refractivity contribution is 7.89. The smallest absolute Gasteiger partial charge is 0.240 e. The third-order valence-corrected chi connectivity index (χ3v) is 5.92. The largest absolute Gasteiger partial charge is 0.493 e. The molecule has 0 bridgehead atoms. The summed E-state index contributed by atoms with van der Waals surface area (Å²) in [5, 5.41) is 0. The number of likely N-dealkylation sites (N-methyl/N-ethyl adjacent to an activating group) is 1. The summed E-state index contributed by atoms with van der Waals surface area (Å²) in [6.07, 6.45) is 1.03. The van der Waals surface area contributed by atoms with Gasteiger partial charge in [-0.15, -0.1) is 0 Å². The molecule has 0 aromatic heterocycles. The zero-order chi connectivity index (χ0) is 20.8. The van der Waals surface area contributed by atoms with Gasteiger partial charge in [0.15, 0.2) is 0 Å². The Labute approximate surface area is 170 Å². The monoisotopic (exact) mass is 405 g/mol. The summed E-state index contributed by atoms with van der Waals surface area (Å²) in [6, 6.07) is 15.0. The van der Waals surface area contributed by atoms with Crippen LogP contribution >= 0.6 is 0 Å². The van der Waals surface area contributed by atoms with E-state index in [1.165, 1.54) is 5.56 Å². The summed E-state index contributed by atoms with van der Waals surface area (Å²) in [6.45, 7) is 5.76. The molecule has 0 fully saturated rings. The van der Waals surface area contributed by atoms with Crippen molar-refractivity contribution >= 4 is 10.0 Å². The molecule has 1 unspecified atom stereocenters. The van der Waals surface area contributed by atoms with Crippen molar-refractivity contribution in [3.05, 3.63) is 59.7 Å². The number of benzene rings is 2. The van der Waals surface area contributed by atoms with Crippen LogP contribution in [-0.2, 0) is 16.4 Å². The van der Waals surface area contributed by atoms with E-state index in [-0.39, 0.29) is 10.8 Å². The van der Waals surface area contributed by atoms with E-state index in [1.807, 2.05) is 26.0 Å². The van der Waals surface area contributed by atoms with Gasteiger partial charge in [-0.05, 0) is 36.8 Å². The third-order valence-electron chi connectivity index (χ3n) is 4.48. The van der Waals surface area contributed by atoms with Crippen LogP contribution in [0.2, 0.25) is 0 Å². The molecule has 0 saturated heterocycles. The molecule has 0 aliphatic rings. The fraction of sp³-hybridized carbons (Fsp3) is 0.455. The minimum absolute atomic E-state index is 0.0538. The summed E-state index contributed by atoms with van der Waals surface area (Å²) in [7, 11) is 3.07. The standard InChI is InChI=1S/C22H33N2O3S/c1-18-6-12-22(13-7-18)28(25,26)23-16-19(2)17-27-21-10-8-20(9-11-21)14-15-24(3,4)5/h6-13,19,23H,14-17H2,1-5H3/q+1. The lowest BCUT2D eigenvalue weighted by Gasteiger charge is -2.23. The van der Waals surface area contributed by atoms with Crippen LogP contribution in [-0.4, -0.2) is 53.7 Å². The normalized spacial score (nSPS) is 13.3. The SMILES string of the molecule is Cc1ccc(S(=O)(=O)NCC(C)COc2ccc(CC[N+](C)(C)C)cc2)cc1. The number of ether oxygens (including phenoxy) is 1. The lowest BCUT2D eigenvalue weighted by molar-refractivity contribution is -0.870. The van der Waals surface area contributed by atoms with Gasteiger partial charge in [-0.2, -0.15) is 0 Å². The lowest BCUT2D eigenvalue weighted by atomic mass is 10.1. The number of nitrogens with zero attached hydrogens (tertiary/aromatic N) is 1. The van der Waals surface area contributed by atoms with E-state index in [1.54, 1.807) is 24.3 Å². The van der Waals surface area contributed by atoms with Gasteiger partial charge in [0.25, 0.3) is 0 Å². The molecule has 6 heteroatoms. The Morgan fingerprint density at radius 2 is 1.61 bits per heavy atom. The molecule has 28 heavy (non-hydrogen) atoms. The predicted octanol–water partition coefficient (Wildman–Crippen LogP) is 3.24. The van der Waals surface area contributed by atoms with E-state index in [2.05, 4.69) is 38.0 Å². The van der Waals surface area contributed by atoms with Gasteiger partial charge >= 0.3 is 0 Å². The van der Waals surface area contributed by atoms with Gasteiger partial charge in [-0.25, -0.2) is 13.1 Å². The Morgan fingerprint density at radius 3 is 2.18 bits per heavy atom. The summed E-state index contributed by atoms with van der Waals surface area (Å²) < 4.78 is 34.1. The van der Waals surface area contributed by atoms with Crippen LogP contribution in [0.15, 0.2) is 53.4 Å². The third kappa shape index (κ3) is 7.62. The van der Waals surface area contributed by atoms with E-state index in [0.717, 1.165) is 28.8 Å². The van der Waals surface area contributed by atoms with Crippen LogP contribution in [0.4, 0.5) is 0 Å². The maximum absolute atomic E-state index is 12.3. The van der Waals surface area contributed by atoms with E-state index in [9.17, 15) is 8.42 Å². The van der Waals surface area contributed by atoms with Crippen molar-refractivity contribution in [2.24, 2.45) is 5.92 Å². The highest BCUT2D eigenvalue weighted by Gasteiger charge is 2.15. The molecule has 154 valence electrons.